The molecule has 1 saturated heterocycles. The Morgan fingerprint density at radius 2 is 1.95 bits per heavy atom. The van der Waals surface area contributed by atoms with E-state index in [9.17, 15) is 4.79 Å². The molecule has 1 rings (SSSR count). The smallest absolute Gasteiger partial charge is 0.222 e. The van der Waals surface area contributed by atoms with Crippen molar-refractivity contribution in [3.8, 4) is 0 Å². The molecule has 20 heavy (non-hydrogen) atoms. The Kier molecular flexibility index (Phi) is 8.86. The van der Waals surface area contributed by atoms with Crippen LogP contribution in [0.1, 0.15) is 52.9 Å². The number of nitrogens with zero attached hydrogens (tertiary/aromatic N) is 2. The van der Waals surface area contributed by atoms with Crippen LogP contribution in [0.4, 0.5) is 0 Å². The minimum absolute atomic E-state index is 0.311. The third-order valence-electron chi connectivity index (χ3n) is 4.16. The molecule has 0 radical (unpaired) electrons. The molecular formula is C16H33N3O. The maximum absolute atomic E-state index is 12.0. The van der Waals surface area contributed by atoms with E-state index in [0.29, 0.717) is 18.4 Å². The van der Waals surface area contributed by atoms with Gasteiger partial charge in [-0.1, -0.05) is 6.92 Å². The van der Waals surface area contributed by atoms with Crippen LogP contribution in [0, 0.1) is 0 Å². The van der Waals surface area contributed by atoms with Gasteiger partial charge in [0.25, 0.3) is 0 Å². The van der Waals surface area contributed by atoms with Gasteiger partial charge in [0, 0.05) is 32.1 Å². The summed E-state index contributed by atoms with van der Waals surface area (Å²) in [5.74, 6) is 0.311. The zero-order chi connectivity index (χ0) is 14.8. The van der Waals surface area contributed by atoms with Crippen LogP contribution in [0.2, 0.25) is 0 Å². The lowest BCUT2D eigenvalue weighted by atomic mass is 10.2. The average molecular weight is 283 g/mol. The Morgan fingerprint density at radius 3 is 2.50 bits per heavy atom. The third-order valence-corrected chi connectivity index (χ3v) is 4.16. The largest absolute Gasteiger partial charge is 0.343 e. The van der Waals surface area contributed by atoms with Crippen LogP contribution in [0.15, 0.2) is 0 Å². The normalized spacial score (nSPS) is 18.7. The van der Waals surface area contributed by atoms with Crippen LogP contribution in [0.25, 0.3) is 0 Å². The van der Waals surface area contributed by atoms with Crippen molar-refractivity contribution in [2.45, 2.75) is 58.9 Å². The van der Waals surface area contributed by atoms with E-state index in [0.717, 1.165) is 39.1 Å². The molecule has 0 bridgehead atoms. The first-order valence-electron chi connectivity index (χ1n) is 8.44. The lowest BCUT2D eigenvalue weighted by Gasteiger charge is -2.25. The summed E-state index contributed by atoms with van der Waals surface area (Å²) in [4.78, 5) is 16.4. The molecule has 0 aromatic heterocycles. The summed E-state index contributed by atoms with van der Waals surface area (Å²) in [7, 11) is 0. The Bertz CT molecular complexity index is 260. The number of hydrogen-bond donors (Lipinski definition) is 1. The summed E-state index contributed by atoms with van der Waals surface area (Å²) in [6.45, 7) is 12.5. The van der Waals surface area contributed by atoms with Crippen molar-refractivity contribution >= 4 is 5.91 Å². The minimum atomic E-state index is 0.311. The van der Waals surface area contributed by atoms with E-state index in [1.54, 1.807) is 0 Å². The first-order valence-corrected chi connectivity index (χ1v) is 8.44. The topological polar surface area (TPSA) is 35.6 Å². The van der Waals surface area contributed by atoms with Crippen molar-refractivity contribution in [3.05, 3.63) is 0 Å². The summed E-state index contributed by atoms with van der Waals surface area (Å²) in [6, 6.07) is 0.667. The van der Waals surface area contributed by atoms with Gasteiger partial charge in [0.1, 0.15) is 0 Å². The maximum atomic E-state index is 12.0. The fourth-order valence-corrected chi connectivity index (χ4v) is 3.02. The van der Waals surface area contributed by atoms with Crippen molar-refractivity contribution < 1.29 is 4.79 Å². The fraction of sp³-hybridized carbons (Fsp3) is 0.938. The van der Waals surface area contributed by atoms with E-state index in [1.165, 1.54) is 25.8 Å². The Labute approximate surface area is 124 Å². The summed E-state index contributed by atoms with van der Waals surface area (Å²) in [5, 5.41) is 3.56. The molecule has 0 spiro atoms. The molecule has 0 aromatic rings. The van der Waals surface area contributed by atoms with Crippen molar-refractivity contribution in [1.29, 1.82) is 0 Å². The van der Waals surface area contributed by atoms with Crippen LogP contribution in [0.5, 0.6) is 0 Å². The van der Waals surface area contributed by atoms with Gasteiger partial charge >= 0.3 is 0 Å². The number of hydrogen-bond acceptors (Lipinski definition) is 3. The molecule has 1 amide bonds. The molecule has 0 aromatic carbocycles. The van der Waals surface area contributed by atoms with Crippen LogP contribution in [0.3, 0.4) is 0 Å². The maximum Gasteiger partial charge on any atom is 0.222 e. The van der Waals surface area contributed by atoms with Gasteiger partial charge < -0.3 is 15.1 Å². The fourth-order valence-electron chi connectivity index (χ4n) is 3.02. The predicted octanol–water partition coefficient (Wildman–Crippen LogP) is 2.10. The van der Waals surface area contributed by atoms with E-state index in [4.69, 9.17) is 0 Å². The molecule has 1 heterocycles. The summed E-state index contributed by atoms with van der Waals surface area (Å²) < 4.78 is 0. The van der Waals surface area contributed by atoms with E-state index in [1.807, 2.05) is 4.90 Å². The number of carbonyl (C=O) groups is 1. The van der Waals surface area contributed by atoms with Crippen LogP contribution in [-0.2, 0) is 4.79 Å². The molecule has 4 heteroatoms. The van der Waals surface area contributed by atoms with Crippen molar-refractivity contribution in [2.75, 3.05) is 39.3 Å². The Hall–Kier alpha value is -0.610. The molecule has 1 unspecified atom stereocenters. The van der Waals surface area contributed by atoms with E-state index in [2.05, 4.69) is 31.0 Å². The number of carbonyl (C=O) groups excluding carboxylic acids is 1. The highest BCUT2D eigenvalue weighted by molar-refractivity contribution is 5.76. The average Bonchev–Trinajstić information content (AvgIpc) is 2.93. The Balaban J connectivity index is 2.25. The second kappa shape index (κ2) is 10.2. The standard InChI is InChI=1S/C16H33N3O/c1-4-12-18(14-15-9-7-11-17-15)13-8-10-16(20)19(5-2)6-3/h15,17H,4-14H2,1-3H3. The summed E-state index contributed by atoms with van der Waals surface area (Å²) >= 11 is 0. The van der Waals surface area contributed by atoms with Crippen molar-refractivity contribution in [1.82, 2.24) is 15.1 Å². The zero-order valence-corrected chi connectivity index (χ0v) is 13.7. The molecule has 1 aliphatic heterocycles. The molecule has 0 aliphatic carbocycles. The SMILES string of the molecule is CCCN(CCCC(=O)N(CC)CC)CC1CCCN1. The van der Waals surface area contributed by atoms with Gasteiger partial charge in [0.05, 0.1) is 0 Å². The molecule has 0 saturated carbocycles. The monoisotopic (exact) mass is 283 g/mol. The number of rotatable bonds is 10. The van der Waals surface area contributed by atoms with Gasteiger partial charge in [-0.2, -0.15) is 0 Å². The first kappa shape index (κ1) is 17.4. The number of amides is 1. The summed E-state index contributed by atoms with van der Waals surface area (Å²) in [6.07, 6.45) is 5.49. The highest BCUT2D eigenvalue weighted by atomic mass is 16.2. The van der Waals surface area contributed by atoms with Gasteiger partial charge in [-0.3, -0.25) is 4.79 Å². The quantitative estimate of drug-likeness (QED) is 0.667. The van der Waals surface area contributed by atoms with Gasteiger partial charge in [-0.05, 0) is 59.2 Å². The second-order valence-corrected chi connectivity index (χ2v) is 5.76. The highest BCUT2D eigenvalue weighted by Gasteiger charge is 2.17. The van der Waals surface area contributed by atoms with E-state index >= 15 is 0 Å². The summed E-state index contributed by atoms with van der Waals surface area (Å²) in [5.41, 5.74) is 0. The van der Waals surface area contributed by atoms with Gasteiger partial charge in [-0.15, -0.1) is 0 Å². The lowest BCUT2D eigenvalue weighted by molar-refractivity contribution is -0.130. The highest BCUT2D eigenvalue weighted by Crippen LogP contribution is 2.09. The molecular weight excluding hydrogens is 250 g/mol. The first-order chi connectivity index (χ1) is 9.71. The Morgan fingerprint density at radius 1 is 1.20 bits per heavy atom. The minimum Gasteiger partial charge on any atom is -0.343 e. The van der Waals surface area contributed by atoms with Crippen LogP contribution < -0.4 is 5.32 Å². The molecule has 1 aliphatic rings. The zero-order valence-electron chi connectivity index (χ0n) is 13.7. The van der Waals surface area contributed by atoms with E-state index < -0.39 is 0 Å². The second-order valence-electron chi connectivity index (χ2n) is 5.76. The van der Waals surface area contributed by atoms with Crippen molar-refractivity contribution in [2.24, 2.45) is 0 Å². The lowest BCUT2D eigenvalue weighted by Crippen LogP contribution is -2.39. The number of nitrogens with one attached hydrogen (secondary N) is 1. The third kappa shape index (κ3) is 6.23. The van der Waals surface area contributed by atoms with Gasteiger partial charge in [0.15, 0.2) is 0 Å². The molecule has 1 N–H and O–H groups in total. The van der Waals surface area contributed by atoms with Gasteiger partial charge in [-0.25, -0.2) is 0 Å². The molecule has 1 atom stereocenters. The van der Waals surface area contributed by atoms with E-state index in [-0.39, 0.29) is 0 Å². The molecule has 4 nitrogen and oxygen atoms in total. The predicted molar refractivity (Wildman–Crippen MR) is 84.9 cm³/mol. The van der Waals surface area contributed by atoms with Crippen LogP contribution in [-0.4, -0.2) is 61.0 Å². The van der Waals surface area contributed by atoms with Crippen LogP contribution >= 0.6 is 0 Å². The van der Waals surface area contributed by atoms with Gasteiger partial charge in [0.2, 0.25) is 5.91 Å². The van der Waals surface area contributed by atoms with Crippen molar-refractivity contribution in [3.63, 3.8) is 0 Å². The molecule has 1 fully saturated rings. The molecule has 118 valence electrons.